The lowest BCUT2D eigenvalue weighted by Crippen LogP contribution is -2.06. The molecule has 0 bridgehead atoms. The molecule has 8 nitrogen and oxygen atoms in total. The van der Waals surface area contributed by atoms with Crippen molar-refractivity contribution in [3.8, 4) is 23.1 Å². The minimum atomic E-state index is -4.51. The number of aryl methyl sites for hydroxylation is 1. The Balaban J connectivity index is 1.98. The van der Waals surface area contributed by atoms with Crippen molar-refractivity contribution in [2.45, 2.75) is 6.18 Å². The van der Waals surface area contributed by atoms with Crippen molar-refractivity contribution in [2.75, 3.05) is 7.11 Å². The van der Waals surface area contributed by atoms with Crippen molar-refractivity contribution in [1.82, 2.24) is 34.3 Å². The summed E-state index contributed by atoms with van der Waals surface area (Å²) in [5, 5.41) is 4.09. The van der Waals surface area contributed by atoms with E-state index in [4.69, 9.17) is 4.74 Å². The van der Waals surface area contributed by atoms with Gasteiger partial charge < -0.3 is 4.74 Å². The molecule has 0 aliphatic heterocycles. The van der Waals surface area contributed by atoms with Gasteiger partial charge in [0.15, 0.2) is 17.3 Å². The molecule has 0 fully saturated rings. The molecule has 4 aromatic rings. The molecule has 0 aliphatic rings. The number of methoxy groups -OCH3 is 1. The SMILES string of the molecule is COc1cnc(-n2c(-c3cnn(C)c3)nc3cc(C(F)(F)F)cnc32)cn1. The van der Waals surface area contributed by atoms with E-state index in [1.165, 1.54) is 24.1 Å². The predicted octanol–water partition coefficient (Wildman–Crippen LogP) is 2.64. The molecule has 4 heterocycles. The third-order valence-electron chi connectivity index (χ3n) is 3.84. The Kier molecular flexibility index (Phi) is 3.79. The van der Waals surface area contributed by atoms with Crippen LogP contribution in [0.5, 0.6) is 5.88 Å². The first-order chi connectivity index (χ1) is 12.9. The van der Waals surface area contributed by atoms with E-state index >= 15 is 0 Å². The van der Waals surface area contributed by atoms with E-state index in [-0.39, 0.29) is 11.2 Å². The van der Waals surface area contributed by atoms with Gasteiger partial charge in [-0.3, -0.25) is 9.25 Å². The van der Waals surface area contributed by atoms with E-state index in [9.17, 15) is 13.2 Å². The van der Waals surface area contributed by atoms with Crippen LogP contribution in [0.3, 0.4) is 0 Å². The topological polar surface area (TPSA) is 83.5 Å². The van der Waals surface area contributed by atoms with Crippen LogP contribution in [0.25, 0.3) is 28.4 Å². The van der Waals surface area contributed by atoms with Gasteiger partial charge in [0.2, 0.25) is 5.88 Å². The normalized spacial score (nSPS) is 11.9. The van der Waals surface area contributed by atoms with Crippen molar-refractivity contribution < 1.29 is 17.9 Å². The van der Waals surface area contributed by atoms with Crippen LogP contribution in [0.2, 0.25) is 0 Å². The number of ether oxygens (including phenoxy) is 1. The molecule has 0 radical (unpaired) electrons. The average molecular weight is 375 g/mol. The molecule has 27 heavy (non-hydrogen) atoms. The highest BCUT2D eigenvalue weighted by atomic mass is 19.4. The summed E-state index contributed by atoms with van der Waals surface area (Å²) >= 11 is 0. The Labute approximate surface area is 150 Å². The highest BCUT2D eigenvalue weighted by Gasteiger charge is 2.32. The number of hydrogen-bond acceptors (Lipinski definition) is 6. The van der Waals surface area contributed by atoms with Crippen LogP contribution in [-0.4, -0.2) is 41.4 Å². The summed E-state index contributed by atoms with van der Waals surface area (Å²) in [6, 6.07) is 0.954. The van der Waals surface area contributed by atoms with Crippen LogP contribution < -0.4 is 4.74 Å². The number of halogens is 3. The summed E-state index contributed by atoms with van der Waals surface area (Å²) in [6.07, 6.45) is 2.33. The number of pyridine rings is 1. The fourth-order valence-electron chi connectivity index (χ4n) is 2.60. The fourth-order valence-corrected chi connectivity index (χ4v) is 2.60. The summed E-state index contributed by atoms with van der Waals surface area (Å²) in [5.41, 5.74) is 0.0301. The highest BCUT2D eigenvalue weighted by Crippen LogP contribution is 2.32. The lowest BCUT2D eigenvalue weighted by molar-refractivity contribution is -0.137. The molecule has 0 aliphatic carbocycles. The molecule has 4 rings (SSSR count). The highest BCUT2D eigenvalue weighted by molar-refractivity contribution is 5.79. The maximum absolute atomic E-state index is 13.0. The molecule has 138 valence electrons. The van der Waals surface area contributed by atoms with Gasteiger partial charge in [0, 0.05) is 19.4 Å². The third kappa shape index (κ3) is 2.96. The number of aromatic nitrogens is 7. The number of nitrogens with zero attached hydrogens (tertiary/aromatic N) is 7. The second-order valence-electron chi connectivity index (χ2n) is 5.65. The minimum Gasteiger partial charge on any atom is -0.480 e. The van der Waals surface area contributed by atoms with Gasteiger partial charge in [0.05, 0.1) is 36.8 Å². The number of fused-ring (bicyclic) bond motifs is 1. The minimum absolute atomic E-state index is 0.0845. The first-order valence-corrected chi connectivity index (χ1v) is 7.68. The van der Waals surface area contributed by atoms with Crippen LogP contribution in [0.15, 0.2) is 37.1 Å². The standard InChI is InChI=1S/C16H12F3N7O/c1-25-8-9(4-23-25)14-24-11-3-10(16(17,18)19)5-22-15(11)26(14)12-6-21-13(27-2)7-20-12/h3-8H,1-2H3. The fraction of sp³-hybridized carbons (Fsp3) is 0.188. The van der Waals surface area contributed by atoms with E-state index in [1.807, 2.05) is 0 Å². The first-order valence-electron chi connectivity index (χ1n) is 7.68. The molecular formula is C16H12F3N7O. The van der Waals surface area contributed by atoms with Crippen molar-refractivity contribution in [3.05, 3.63) is 42.6 Å². The van der Waals surface area contributed by atoms with E-state index in [2.05, 4.69) is 25.0 Å². The number of rotatable bonds is 3. The zero-order valence-electron chi connectivity index (χ0n) is 14.1. The van der Waals surface area contributed by atoms with Gasteiger partial charge in [-0.15, -0.1) is 0 Å². The quantitative estimate of drug-likeness (QED) is 0.547. The molecule has 0 N–H and O–H groups in total. The Morgan fingerprint density at radius 2 is 1.85 bits per heavy atom. The predicted molar refractivity (Wildman–Crippen MR) is 88.2 cm³/mol. The summed E-state index contributed by atoms with van der Waals surface area (Å²) in [6.45, 7) is 0. The molecule has 0 unspecified atom stereocenters. The number of imidazole rings is 1. The van der Waals surface area contributed by atoms with Gasteiger partial charge in [-0.25, -0.2) is 19.9 Å². The lowest BCUT2D eigenvalue weighted by atomic mass is 10.2. The Morgan fingerprint density at radius 3 is 2.44 bits per heavy atom. The molecule has 0 saturated heterocycles. The van der Waals surface area contributed by atoms with Crippen molar-refractivity contribution in [3.63, 3.8) is 0 Å². The van der Waals surface area contributed by atoms with Gasteiger partial charge >= 0.3 is 6.18 Å². The van der Waals surface area contributed by atoms with E-state index < -0.39 is 11.7 Å². The second kappa shape index (κ2) is 6.04. The molecule has 0 atom stereocenters. The van der Waals surface area contributed by atoms with Gasteiger partial charge in [-0.05, 0) is 6.07 Å². The van der Waals surface area contributed by atoms with E-state index in [0.717, 1.165) is 12.3 Å². The molecule has 0 amide bonds. The zero-order valence-corrected chi connectivity index (χ0v) is 14.1. The summed E-state index contributed by atoms with van der Waals surface area (Å²) in [7, 11) is 3.18. The van der Waals surface area contributed by atoms with Crippen LogP contribution >= 0.6 is 0 Å². The van der Waals surface area contributed by atoms with Crippen molar-refractivity contribution in [2.24, 2.45) is 7.05 Å². The Hall–Kier alpha value is -3.50. The number of alkyl halides is 3. The summed E-state index contributed by atoms with van der Waals surface area (Å²) in [5.74, 6) is 0.993. The van der Waals surface area contributed by atoms with E-state index in [0.29, 0.717) is 23.1 Å². The Morgan fingerprint density at radius 1 is 1.04 bits per heavy atom. The molecular weight excluding hydrogens is 363 g/mol. The molecule has 4 aromatic heterocycles. The van der Waals surface area contributed by atoms with Gasteiger partial charge in [0.25, 0.3) is 0 Å². The monoisotopic (exact) mass is 375 g/mol. The van der Waals surface area contributed by atoms with Crippen LogP contribution in [0.1, 0.15) is 5.56 Å². The smallest absolute Gasteiger partial charge is 0.417 e. The maximum atomic E-state index is 13.0. The second-order valence-corrected chi connectivity index (χ2v) is 5.65. The molecule has 11 heteroatoms. The van der Waals surface area contributed by atoms with Gasteiger partial charge in [-0.1, -0.05) is 0 Å². The van der Waals surface area contributed by atoms with E-state index in [1.54, 1.807) is 24.1 Å². The lowest BCUT2D eigenvalue weighted by Gasteiger charge is -2.08. The largest absolute Gasteiger partial charge is 0.480 e. The zero-order chi connectivity index (χ0) is 19.2. The average Bonchev–Trinajstić information content (AvgIpc) is 3.23. The first kappa shape index (κ1) is 16.9. The summed E-state index contributed by atoms with van der Waals surface area (Å²) < 4.78 is 47.2. The summed E-state index contributed by atoms with van der Waals surface area (Å²) in [4.78, 5) is 16.7. The molecule has 0 saturated carbocycles. The van der Waals surface area contributed by atoms with Crippen molar-refractivity contribution in [1.29, 1.82) is 0 Å². The van der Waals surface area contributed by atoms with Gasteiger partial charge in [-0.2, -0.15) is 18.3 Å². The third-order valence-corrected chi connectivity index (χ3v) is 3.84. The van der Waals surface area contributed by atoms with Crippen LogP contribution in [0, 0.1) is 0 Å². The van der Waals surface area contributed by atoms with Gasteiger partial charge in [0.1, 0.15) is 5.52 Å². The van der Waals surface area contributed by atoms with Crippen molar-refractivity contribution >= 4 is 11.2 Å². The van der Waals surface area contributed by atoms with Crippen LogP contribution in [0.4, 0.5) is 13.2 Å². The number of hydrogen-bond donors (Lipinski definition) is 0. The van der Waals surface area contributed by atoms with Crippen LogP contribution in [-0.2, 0) is 13.2 Å². The molecule has 0 aromatic carbocycles. The molecule has 0 spiro atoms. The Bertz CT molecular complexity index is 1120. The maximum Gasteiger partial charge on any atom is 0.417 e.